The molecule has 6 nitrogen and oxygen atoms in total. The molecule has 1 spiro atoms. The number of anilines is 1. The molecule has 2 aliphatic rings. The molecular weight excluding hydrogens is 450 g/mol. The minimum atomic E-state index is -1.05. The summed E-state index contributed by atoms with van der Waals surface area (Å²) in [6.45, 7) is 5.59. The van der Waals surface area contributed by atoms with Crippen molar-refractivity contribution in [2.24, 2.45) is 0 Å². The van der Waals surface area contributed by atoms with Gasteiger partial charge in [-0.1, -0.05) is 54.6 Å². The predicted octanol–water partition coefficient (Wildman–Crippen LogP) is 5.20. The molecule has 4 aromatic rings. The molecule has 4 atom stereocenters. The molecule has 3 heterocycles. The number of hydrogen-bond acceptors (Lipinski definition) is 4. The van der Waals surface area contributed by atoms with E-state index in [4.69, 9.17) is 4.74 Å². The van der Waals surface area contributed by atoms with E-state index in [2.05, 4.69) is 21.7 Å². The third kappa shape index (κ3) is 3.36. The van der Waals surface area contributed by atoms with E-state index in [-0.39, 0.29) is 11.9 Å². The summed E-state index contributed by atoms with van der Waals surface area (Å²) in [4.78, 5) is 31.1. The normalized spacial score (nSPS) is 25.2. The second-order valence-electron chi connectivity index (χ2n) is 10.7. The number of hydrogen-bond donors (Lipinski definition) is 3. The molecule has 1 saturated heterocycles. The topological polar surface area (TPSA) is 83.2 Å². The van der Waals surface area contributed by atoms with Crippen molar-refractivity contribution in [1.82, 2.24) is 10.3 Å². The van der Waals surface area contributed by atoms with Gasteiger partial charge < -0.3 is 15.0 Å². The molecule has 6 rings (SSSR count). The minimum Gasteiger partial charge on any atom is -0.459 e. The number of nitrogens with one attached hydrogen (secondary N) is 3. The molecule has 1 fully saturated rings. The zero-order chi connectivity index (χ0) is 25.1. The zero-order valence-electron chi connectivity index (χ0n) is 20.5. The van der Waals surface area contributed by atoms with Gasteiger partial charge in [0.15, 0.2) is 0 Å². The number of carbonyl (C=O) groups is 2. The van der Waals surface area contributed by atoms with Gasteiger partial charge in [-0.2, -0.15) is 0 Å². The van der Waals surface area contributed by atoms with Crippen molar-refractivity contribution in [3.63, 3.8) is 0 Å². The van der Waals surface area contributed by atoms with Crippen molar-refractivity contribution in [3.8, 4) is 0 Å². The van der Waals surface area contributed by atoms with Gasteiger partial charge in [0.2, 0.25) is 5.91 Å². The molecule has 1 aromatic heterocycles. The molecule has 3 N–H and O–H groups in total. The molecule has 0 saturated carbocycles. The first-order valence-electron chi connectivity index (χ1n) is 12.3. The third-order valence-corrected chi connectivity index (χ3v) is 7.35. The number of fused-ring (bicyclic) bond motifs is 3. The lowest BCUT2D eigenvalue weighted by molar-refractivity contribution is -0.157. The van der Waals surface area contributed by atoms with Crippen molar-refractivity contribution in [3.05, 3.63) is 102 Å². The Morgan fingerprint density at radius 1 is 0.917 bits per heavy atom. The van der Waals surface area contributed by atoms with Gasteiger partial charge in [0.05, 0.1) is 6.04 Å². The standard InChI is InChI=1S/C30H29N3O3/c1-29(2,3)36-27(34)25-24(18-9-5-4-6-10-18)30(21-11-7-8-12-23(21)32-28(30)35)26(33-25)20-13-14-22-19(17-20)15-16-31-22/h4-17,24-26,31,33H,1-3H3,(H,32,35)/t24-,25+,26-,30-/m1/s1. The number of ether oxygens (including phenoxy) is 1. The molecule has 1 amide bonds. The number of para-hydroxylation sites is 1. The van der Waals surface area contributed by atoms with Crippen LogP contribution in [0.4, 0.5) is 5.69 Å². The number of rotatable bonds is 3. The summed E-state index contributed by atoms with van der Waals surface area (Å²) < 4.78 is 5.90. The molecule has 0 unspecified atom stereocenters. The molecular formula is C30H29N3O3. The number of H-pyrrole nitrogens is 1. The van der Waals surface area contributed by atoms with Gasteiger partial charge in [-0.25, -0.2) is 0 Å². The van der Waals surface area contributed by atoms with Gasteiger partial charge in [0.25, 0.3) is 0 Å². The Morgan fingerprint density at radius 3 is 2.44 bits per heavy atom. The van der Waals surface area contributed by atoms with Gasteiger partial charge in [0, 0.05) is 23.3 Å². The number of carbonyl (C=O) groups excluding carboxylic acids is 2. The third-order valence-electron chi connectivity index (χ3n) is 7.35. The van der Waals surface area contributed by atoms with Crippen LogP contribution in [0.25, 0.3) is 10.9 Å². The van der Waals surface area contributed by atoms with Crippen molar-refractivity contribution in [2.45, 2.75) is 49.8 Å². The molecule has 182 valence electrons. The second-order valence-corrected chi connectivity index (χ2v) is 10.7. The summed E-state index contributed by atoms with van der Waals surface area (Å²) in [7, 11) is 0. The van der Waals surface area contributed by atoms with E-state index in [1.54, 1.807) is 0 Å². The van der Waals surface area contributed by atoms with Crippen LogP contribution in [0, 0.1) is 0 Å². The van der Waals surface area contributed by atoms with E-state index in [0.29, 0.717) is 0 Å². The summed E-state index contributed by atoms with van der Waals surface area (Å²) in [5.74, 6) is -0.961. The van der Waals surface area contributed by atoms with E-state index in [0.717, 1.165) is 33.3 Å². The SMILES string of the molecule is CC(C)(C)OC(=O)[C@H]1N[C@H](c2ccc3[nH]ccc3c2)[C@]2(C(=O)Nc3ccccc32)[C@@H]1c1ccccc1. The quantitative estimate of drug-likeness (QED) is 0.353. The maximum absolute atomic E-state index is 14.2. The number of amides is 1. The second kappa shape index (κ2) is 8.07. The Bertz CT molecular complexity index is 1470. The summed E-state index contributed by atoms with van der Waals surface area (Å²) >= 11 is 0. The van der Waals surface area contributed by atoms with Gasteiger partial charge in [-0.3, -0.25) is 14.9 Å². The van der Waals surface area contributed by atoms with Gasteiger partial charge in [0.1, 0.15) is 17.1 Å². The fourth-order valence-corrected chi connectivity index (χ4v) is 6.04. The Morgan fingerprint density at radius 2 is 1.67 bits per heavy atom. The van der Waals surface area contributed by atoms with Gasteiger partial charge in [-0.05, 0) is 67.1 Å². The first kappa shape index (κ1) is 22.6. The highest BCUT2D eigenvalue weighted by Gasteiger charge is 2.66. The van der Waals surface area contributed by atoms with Crippen LogP contribution < -0.4 is 10.6 Å². The van der Waals surface area contributed by atoms with Crippen molar-refractivity contribution in [2.75, 3.05) is 5.32 Å². The van der Waals surface area contributed by atoms with E-state index in [9.17, 15) is 9.59 Å². The van der Waals surface area contributed by atoms with Gasteiger partial charge >= 0.3 is 5.97 Å². The smallest absolute Gasteiger partial charge is 0.324 e. The van der Waals surface area contributed by atoms with E-state index < -0.39 is 29.0 Å². The Balaban J connectivity index is 1.61. The summed E-state index contributed by atoms with van der Waals surface area (Å²) in [6, 6.07) is 24.6. The van der Waals surface area contributed by atoms with E-state index in [1.807, 2.05) is 99.8 Å². The largest absolute Gasteiger partial charge is 0.459 e. The van der Waals surface area contributed by atoms with Crippen LogP contribution in [0.2, 0.25) is 0 Å². The summed E-state index contributed by atoms with van der Waals surface area (Å²) in [5.41, 5.74) is 2.84. The monoisotopic (exact) mass is 479 g/mol. The highest BCUT2D eigenvalue weighted by atomic mass is 16.6. The average molecular weight is 480 g/mol. The maximum atomic E-state index is 14.2. The Hall–Kier alpha value is -3.90. The summed E-state index contributed by atoms with van der Waals surface area (Å²) in [5, 5.41) is 7.78. The van der Waals surface area contributed by atoms with Crippen LogP contribution in [-0.2, 0) is 19.7 Å². The lowest BCUT2D eigenvalue weighted by atomic mass is 9.63. The van der Waals surface area contributed by atoms with E-state index >= 15 is 0 Å². The Kier molecular flexibility index (Phi) is 5.05. The van der Waals surface area contributed by atoms with Crippen LogP contribution in [0.3, 0.4) is 0 Å². The molecule has 2 aliphatic heterocycles. The molecule has 0 bridgehead atoms. The molecule has 36 heavy (non-hydrogen) atoms. The van der Waals surface area contributed by atoms with Crippen molar-refractivity contribution < 1.29 is 14.3 Å². The number of benzene rings is 3. The fraction of sp³-hybridized carbons (Fsp3) is 0.267. The minimum absolute atomic E-state index is 0.115. The first-order valence-corrected chi connectivity index (χ1v) is 12.3. The molecule has 6 heteroatoms. The average Bonchev–Trinajstić information content (AvgIpc) is 3.53. The maximum Gasteiger partial charge on any atom is 0.324 e. The van der Waals surface area contributed by atoms with Crippen LogP contribution in [0.5, 0.6) is 0 Å². The number of aromatic amines is 1. The van der Waals surface area contributed by atoms with Crippen LogP contribution in [0.15, 0.2) is 85.1 Å². The first-order chi connectivity index (χ1) is 17.3. The lowest BCUT2D eigenvalue weighted by Crippen LogP contribution is -2.44. The van der Waals surface area contributed by atoms with Crippen molar-refractivity contribution >= 4 is 28.5 Å². The Labute approximate surface area is 210 Å². The molecule has 3 aromatic carbocycles. The lowest BCUT2D eigenvalue weighted by Gasteiger charge is -2.35. The molecule has 0 radical (unpaired) electrons. The number of esters is 1. The van der Waals surface area contributed by atoms with Gasteiger partial charge in [-0.15, -0.1) is 0 Å². The highest BCUT2D eigenvalue weighted by molar-refractivity contribution is 6.09. The van der Waals surface area contributed by atoms with Crippen LogP contribution in [0.1, 0.15) is 49.4 Å². The van der Waals surface area contributed by atoms with Crippen molar-refractivity contribution in [1.29, 1.82) is 0 Å². The van der Waals surface area contributed by atoms with Crippen LogP contribution in [-0.4, -0.2) is 28.5 Å². The number of aromatic nitrogens is 1. The summed E-state index contributed by atoms with van der Waals surface area (Å²) in [6.07, 6.45) is 1.90. The highest BCUT2D eigenvalue weighted by Crippen LogP contribution is 2.59. The predicted molar refractivity (Wildman–Crippen MR) is 140 cm³/mol. The zero-order valence-corrected chi connectivity index (χ0v) is 20.5. The fourth-order valence-electron chi connectivity index (χ4n) is 6.04. The molecule has 0 aliphatic carbocycles. The van der Waals surface area contributed by atoms with E-state index in [1.165, 1.54) is 0 Å². The van der Waals surface area contributed by atoms with Crippen LogP contribution >= 0.6 is 0 Å².